The summed E-state index contributed by atoms with van der Waals surface area (Å²) in [7, 11) is 6.98. The Morgan fingerprint density at radius 3 is 2.17 bits per heavy atom. The number of hydrogen-bond donors (Lipinski definition) is 1. The molecule has 0 spiro atoms. The van der Waals surface area contributed by atoms with Gasteiger partial charge in [0, 0.05) is 96.9 Å². The Bertz CT molecular complexity index is 1720. The molecule has 7 rings (SSSR count). The molecule has 3 saturated heterocycles. The number of carbonyl (C=O) groups excluding carboxylic acids is 4. The SMILES string of the molecule is COc1cc(C2=CN(C)C(=O)N(C)C2)cc(OC)c1CN1CCN(CCC2CCN(c3ccc4c(c3)CN(C3CCC(=O)NC3=O)C4=O)CC2)CC1. The summed E-state index contributed by atoms with van der Waals surface area (Å²) in [5.74, 6) is 1.52. The number of piperazine rings is 1. The molecule has 278 valence electrons. The van der Waals surface area contributed by atoms with E-state index < -0.39 is 6.04 Å². The quantitative estimate of drug-likeness (QED) is 0.371. The zero-order valence-corrected chi connectivity index (χ0v) is 30.9. The maximum atomic E-state index is 13.1. The van der Waals surface area contributed by atoms with Crippen molar-refractivity contribution in [1.29, 1.82) is 0 Å². The summed E-state index contributed by atoms with van der Waals surface area (Å²) in [5, 5.41) is 2.38. The molecule has 13 nitrogen and oxygen atoms in total. The van der Waals surface area contributed by atoms with Crippen LogP contribution in [0.1, 0.15) is 59.2 Å². The van der Waals surface area contributed by atoms with E-state index in [1.54, 1.807) is 36.0 Å². The predicted octanol–water partition coefficient (Wildman–Crippen LogP) is 3.23. The third kappa shape index (κ3) is 7.34. The van der Waals surface area contributed by atoms with Gasteiger partial charge < -0.3 is 34.0 Å². The molecule has 5 amide bonds. The minimum Gasteiger partial charge on any atom is -0.496 e. The number of imide groups is 1. The molecule has 1 atom stereocenters. The van der Waals surface area contributed by atoms with Gasteiger partial charge in [0.25, 0.3) is 5.91 Å². The van der Waals surface area contributed by atoms with Crippen LogP contribution in [-0.4, -0.2) is 135 Å². The number of rotatable bonds is 10. The van der Waals surface area contributed by atoms with Crippen LogP contribution in [0.4, 0.5) is 10.5 Å². The smallest absolute Gasteiger partial charge is 0.323 e. The Morgan fingerprint density at radius 1 is 0.827 bits per heavy atom. The summed E-state index contributed by atoms with van der Waals surface area (Å²) in [5.41, 5.74) is 5.82. The maximum Gasteiger partial charge on any atom is 0.323 e. The first kappa shape index (κ1) is 35.8. The highest BCUT2D eigenvalue weighted by Crippen LogP contribution is 2.36. The molecule has 3 fully saturated rings. The first-order valence-electron chi connectivity index (χ1n) is 18.5. The van der Waals surface area contributed by atoms with Crippen molar-refractivity contribution in [2.45, 2.75) is 51.2 Å². The van der Waals surface area contributed by atoms with Crippen LogP contribution in [0.25, 0.3) is 5.57 Å². The number of amides is 5. The highest BCUT2D eigenvalue weighted by atomic mass is 16.5. The van der Waals surface area contributed by atoms with Crippen molar-refractivity contribution >= 4 is 35.0 Å². The van der Waals surface area contributed by atoms with Gasteiger partial charge in [-0.3, -0.25) is 24.6 Å². The Balaban J connectivity index is 0.872. The number of carbonyl (C=O) groups is 4. The van der Waals surface area contributed by atoms with E-state index in [0.29, 0.717) is 31.0 Å². The van der Waals surface area contributed by atoms with E-state index >= 15 is 0 Å². The predicted molar refractivity (Wildman–Crippen MR) is 197 cm³/mol. The summed E-state index contributed by atoms with van der Waals surface area (Å²) < 4.78 is 11.8. The highest BCUT2D eigenvalue weighted by molar-refractivity contribution is 6.05. The minimum absolute atomic E-state index is 0.0288. The number of hydrogen-bond acceptors (Lipinski definition) is 9. The largest absolute Gasteiger partial charge is 0.496 e. The zero-order valence-electron chi connectivity index (χ0n) is 30.9. The second kappa shape index (κ2) is 15.2. The fourth-order valence-corrected chi connectivity index (χ4v) is 8.41. The van der Waals surface area contributed by atoms with Gasteiger partial charge in [-0.05, 0) is 85.2 Å². The summed E-state index contributed by atoms with van der Waals surface area (Å²) in [6, 6.07) is 9.57. The molecular weight excluding hydrogens is 662 g/mol. The van der Waals surface area contributed by atoms with Crippen molar-refractivity contribution < 1.29 is 28.7 Å². The Kier molecular flexibility index (Phi) is 10.4. The van der Waals surface area contributed by atoms with Gasteiger partial charge in [-0.25, -0.2) is 4.79 Å². The van der Waals surface area contributed by atoms with E-state index in [2.05, 4.69) is 38.2 Å². The number of anilines is 1. The molecule has 5 heterocycles. The normalized spacial score (nSPS) is 22.2. The average molecular weight is 714 g/mol. The number of methoxy groups -OCH3 is 2. The van der Waals surface area contributed by atoms with Crippen LogP contribution in [0.3, 0.4) is 0 Å². The Morgan fingerprint density at radius 2 is 1.52 bits per heavy atom. The number of benzene rings is 2. The highest BCUT2D eigenvalue weighted by Gasteiger charge is 2.39. The van der Waals surface area contributed by atoms with Gasteiger partial charge in [0.05, 0.1) is 19.8 Å². The van der Waals surface area contributed by atoms with E-state index in [0.717, 1.165) is 105 Å². The van der Waals surface area contributed by atoms with E-state index in [1.807, 2.05) is 25.4 Å². The molecule has 2 aromatic rings. The van der Waals surface area contributed by atoms with Gasteiger partial charge >= 0.3 is 6.03 Å². The summed E-state index contributed by atoms with van der Waals surface area (Å²) in [4.78, 5) is 61.8. The lowest BCUT2D eigenvalue weighted by Crippen LogP contribution is -2.52. The van der Waals surface area contributed by atoms with Gasteiger partial charge in [0.1, 0.15) is 17.5 Å². The number of fused-ring (bicyclic) bond motifs is 1. The van der Waals surface area contributed by atoms with Gasteiger partial charge in [-0.15, -0.1) is 0 Å². The summed E-state index contributed by atoms with van der Waals surface area (Å²) >= 11 is 0. The van der Waals surface area contributed by atoms with E-state index in [1.165, 1.54) is 6.42 Å². The van der Waals surface area contributed by atoms with Crippen LogP contribution in [-0.2, 0) is 22.7 Å². The third-order valence-corrected chi connectivity index (χ3v) is 11.6. The molecular formula is C39H51N7O6. The lowest BCUT2D eigenvalue weighted by atomic mass is 9.92. The van der Waals surface area contributed by atoms with Crippen molar-refractivity contribution in [2.75, 3.05) is 85.6 Å². The third-order valence-electron chi connectivity index (χ3n) is 11.6. The van der Waals surface area contributed by atoms with Crippen molar-refractivity contribution in [3.05, 3.63) is 58.8 Å². The van der Waals surface area contributed by atoms with Crippen LogP contribution in [0.2, 0.25) is 0 Å². The van der Waals surface area contributed by atoms with Crippen LogP contribution in [0, 0.1) is 5.92 Å². The fourth-order valence-electron chi connectivity index (χ4n) is 8.41. The number of likely N-dealkylation sites (N-methyl/N-ethyl adjacent to an activating group) is 1. The molecule has 0 aromatic heterocycles. The molecule has 1 N–H and O–H groups in total. The second-order valence-corrected chi connectivity index (χ2v) is 14.8. The number of nitrogens with zero attached hydrogens (tertiary/aromatic N) is 6. The van der Waals surface area contributed by atoms with Gasteiger partial charge in [-0.1, -0.05) is 0 Å². The lowest BCUT2D eigenvalue weighted by Gasteiger charge is -2.37. The summed E-state index contributed by atoms with van der Waals surface area (Å²) in [6.45, 7) is 8.82. The number of ether oxygens (including phenoxy) is 2. The molecule has 0 aliphatic carbocycles. The monoisotopic (exact) mass is 713 g/mol. The molecule has 5 aliphatic heterocycles. The van der Waals surface area contributed by atoms with E-state index in [4.69, 9.17) is 9.47 Å². The molecule has 0 saturated carbocycles. The maximum absolute atomic E-state index is 13.1. The number of urea groups is 1. The van der Waals surface area contributed by atoms with Gasteiger partial charge in [0.2, 0.25) is 11.8 Å². The first-order valence-corrected chi connectivity index (χ1v) is 18.5. The second-order valence-electron chi connectivity index (χ2n) is 14.8. The summed E-state index contributed by atoms with van der Waals surface area (Å²) in [6.07, 6.45) is 6.01. The number of piperidine rings is 2. The van der Waals surface area contributed by atoms with Crippen molar-refractivity contribution in [1.82, 2.24) is 29.8 Å². The standard InChI is InChI=1S/C39H51N7O6/c1-41-22-29(23-42(2)39(41)50)27-20-34(51-3)32(35(21-27)52-4)25-44-17-15-43(16-18-44)12-9-26-10-13-45(14-11-26)30-5-6-31-28(19-30)24-46(38(31)49)33-7-8-36(47)40-37(33)48/h5-6,19-22,26,33H,7-18,23-25H2,1-4H3,(H,40,47,48). The van der Waals surface area contributed by atoms with E-state index in [9.17, 15) is 19.2 Å². The van der Waals surface area contributed by atoms with Crippen LogP contribution >= 0.6 is 0 Å². The van der Waals surface area contributed by atoms with Crippen molar-refractivity contribution in [3.63, 3.8) is 0 Å². The Hall–Kier alpha value is -4.62. The molecule has 52 heavy (non-hydrogen) atoms. The minimum atomic E-state index is -0.588. The molecule has 5 aliphatic rings. The van der Waals surface area contributed by atoms with Crippen LogP contribution in [0.15, 0.2) is 36.5 Å². The van der Waals surface area contributed by atoms with Crippen LogP contribution in [0.5, 0.6) is 11.5 Å². The van der Waals surface area contributed by atoms with Crippen molar-refractivity contribution in [3.8, 4) is 11.5 Å². The van der Waals surface area contributed by atoms with Gasteiger partial charge in [0.15, 0.2) is 0 Å². The van der Waals surface area contributed by atoms with Crippen molar-refractivity contribution in [2.24, 2.45) is 5.92 Å². The zero-order chi connectivity index (χ0) is 36.5. The average Bonchev–Trinajstić information content (AvgIpc) is 3.48. The molecule has 2 aromatic carbocycles. The molecule has 0 radical (unpaired) electrons. The molecule has 13 heteroatoms. The fraction of sp³-hybridized carbons (Fsp3) is 0.538. The first-order chi connectivity index (χ1) is 25.1. The lowest BCUT2D eigenvalue weighted by molar-refractivity contribution is -0.136. The number of nitrogens with one attached hydrogen (secondary N) is 1. The Labute approximate surface area is 306 Å². The topological polar surface area (TPSA) is 118 Å². The molecule has 1 unspecified atom stereocenters. The van der Waals surface area contributed by atoms with Crippen LogP contribution < -0.4 is 19.7 Å². The van der Waals surface area contributed by atoms with Gasteiger partial charge in [-0.2, -0.15) is 0 Å². The molecule has 0 bridgehead atoms. The van der Waals surface area contributed by atoms with E-state index in [-0.39, 0.29) is 30.2 Å².